The summed E-state index contributed by atoms with van der Waals surface area (Å²) in [7, 11) is 0. The van der Waals surface area contributed by atoms with E-state index in [0.29, 0.717) is 6.61 Å². The highest BCUT2D eigenvalue weighted by Crippen LogP contribution is 2.28. The number of anilines is 1. The first-order valence-corrected chi connectivity index (χ1v) is 3.84. The maximum absolute atomic E-state index is 5.59. The van der Waals surface area contributed by atoms with Crippen LogP contribution in [0.25, 0.3) is 6.08 Å². The second-order valence-electron chi connectivity index (χ2n) is 2.14. The first-order chi connectivity index (χ1) is 4.86. The number of thiophene rings is 1. The molecule has 2 heterocycles. The lowest BCUT2D eigenvalue weighted by Gasteiger charge is -2.04. The van der Waals surface area contributed by atoms with Gasteiger partial charge in [-0.1, -0.05) is 0 Å². The molecule has 0 unspecified atom stereocenters. The quantitative estimate of drug-likeness (QED) is 0.617. The van der Waals surface area contributed by atoms with Gasteiger partial charge in [-0.3, -0.25) is 0 Å². The molecule has 0 radical (unpaired) electrons. The third-order valence-electron chi connectivity index (χ3n) is 1.42. The molecular weight excluding hydrogens is 146 g/mol. The summed E-state index contributed by atoms with van der Waals surface area (Å²) in [6, 6.07) is 1.97. The fourth-order valence-electron chi connectivity index (χ4n) is 0.963. The van der Waals surface area contributed by atoms with E-state index in [1.165, 1.54) is 10.4 Å². The monoisotopic (exact) mass is 153 g/mol. The summed E-state index contributed by atoms with van der Waals surface area (Å²) in [5.41, 5.74) is 6.79. The lowest BCUT2D eigenvalue weighted by molar-refractivity contribution is 0.238. The van der Waals surface area contributed by atoms with Gasteiger partial charge in [-0.15, -0.1) is 11.3 Å². The van der Waals surface area contributed by atoms with E-state index in [0.717, 1.165) is 5.00 Å². The molecule has 0 saturated carbocycles. The maximum Gasteiger partial charge on any atom is 0.122 e. The number of rotatable bonds is 0. The normalized spacial score (nSPS) is 14.4. The second-order valence-corrected chi connectivity index (χ2v) is 3.31. The highest BCUT2D eigenvalue weighted by molar-refractivity contribution is 7.16. The van der Waals surface area contributed by atoms with E-state index in [4.69, 9.17) is 10.5 Å². The van der Waals surface area contributed by atoms with Gasteiger partial charge >= 0.3 is 0 Å². The van der Waals surface area contributed by atoms with Crippen LogP contribution < -0.4 is 5.73 Å². The molecule has 0 aliphatic carbocycles. The Morgan fingerprint density at radius 3 is 3.30 bits per heavy atom. The largest absolute Gasteiger partial charge is 0.496 e. The van der Waals surface area contributed by atoms with Gasteiger partial charge in [-0.25, -0.2) is 0 Å². The smallest absolute Gasteiger partial charge is 0.122 e. The van der Waals surface area contributed by atoms with Crippen molar-refractivity contribution in [3.05, 3.63) is 22.8 Å². The van der Waals surface area contributed by atoms with Gasteiger partial charge in [-0.2, -0.15) is 0 Å². The fourth-order valence-corrected chi connectivity index (χ4v) is 1.81. The summed E-state index contributed by atoms with van der Waals surface area (Å²) in [6.07, 6.45) is 3.64. The van der Waals surface area contributed by atoms with Crippen LogP contribution in [0.15, 0.2) is 12.3 Å². The average Bonchev–Trinajstić information content (AvgIpc) is 2.27. The van der Waals surface area contributed by atoms with Crippen LogP contribution in [-0.2, 0) is 11.3 Å². The highest BCUT2D eigenvalue weighted by atomic mass is 32.1. The minimum absolute atomic E-state index is 0.674. The molecule has 2 N–H and O–H groups in total. The number of fused-ring (bicyclic) bond motifs is 1. The van der Waals surface area contributed by atoms with Crippen molar-refractivity contribution in [1.82, 2.24) is 0 Å². The number of nitrogen functional groups attached to an aromatic ring is 1. The lowest BCUT2D eigenvalue weighted by Crippen LogP contribution is -1.89. The molecule has 2 rings (SSSR count). The highest BCUT2D eigenvalue weighted by Gasteiger charge is 2.07. The van der Waals surface area contributed by atoms with E-state index in [-0.39, 0.29) is 0 Å². The van der Waals surface area contributed by atoms with Crippen molar-refractivity contribution < 1.29 is 4.74 Å². The molecule has 2 nitrogen and oxygen atoms in total. The minimum atomic E-state index is 0.674. The number of hydrogen-bond donors (Lipinski definition) is 1. The molecule has 0 spiro atoms. The number of ether oxygens (including phenoxy) is 1. The molecule has 1 aromatic rings. The second kappa shape index (κ2) is 2.02. The first kappa shape index (κ1) is 5.80. The van der Waals surface area contributed by atoms with Crippen LogP contribution in [0.2, 0.25) is 0 Å². The summed E-state index contributed by atoms with van der Waals surface area (Å²) >= 11 is 1.59. The van der Waals surface area contributed by atoms with E-state index in [9.17, 15) is 0 Å². The Morgan fingerprint density at radius 1 is 1.60 bits per heavy atom. The van der Waals surface area contributed by atoms with Crippen LogP contribution in [0.5, 0.6) is 0 Å². The zero-order valence-electron chi connectivity index (χ0n) is 5.33. The molecule has 52 valence electrons. The Balaban J connectivity index is 2.53. The zero-order valence-corrected chi connectivity index (χ0v) is 6.15. The predicted octanol–water partition coefficient (Wildman–Crippen LogP) is 1.83. The van der Waals surface area contributed by atoms with Crippen molar-refractivity contribution in [2.45, 2.75) is 6.61 Å². The van der Waals surface area contributed by atoms with Crippen molar-refractivity contribution in [2.24, 2.45) is 0 Å². The van der Waals surface area contributed by atoms with Gasteiger partial charge in [0.1, 0.15) is 6.61 Å². The Morgan fingerprint density at radius 2 is 2.50 bits per heavy atom. The van der Waals surface area contributed by atoms with Crippen molar-refractivity contribution in [1.29, 1.82) is 0 Å². The van der Waals surface area contributed by atoms with Gasteiger partial charge < -0.3 is 10.5 Å². The van der Waals surface area contributed by atoms with Crippen LogP contribution in [0.1, 0.15) is 10.4 Å². The summed E-state index contributed by atoms with van der Waals surface area (Å²) < 4.78 is 5.08. The Kier molecular flexibility index (Phi) is 1.17. The third kappa shape index (κ3) is 0.789. The van der Waals surface area contributed by atoms with E-state index in [1.54, 1.807) is 17.6 Å². The Hall–Kier alpha value is -0.960. The molecule has 0 bridgehead atoms. The summed E-state index contributed by atoms with van der Waals surface area (Å²) in [5, 5.41) is 0.861. The van der Waals surface area contributed by atoms with E-state index < -0.39 is 0 Å². The van der Waals surface area contributed by atoms with Gasteiger partial charge in [0.25, 0.3) is 0 Å². The summed E-state index contributed by atoms with van der Waals surface area (Å²) in [4.78, 5) is 1.22. The van der Waals surface area contributed by atoms with E-state index in [1.807, 2.05) is 12.1 Å². The lowest BCUT2D eigenvalue weighted by atomic mass is 10.2. The summed E-state index contributed by atoms with van der Waals surface area (Å²) in [6.45, 7) is 0.674. The van der Waals surface area contributed by atoms with Crippen molar-refractivity contribution >= 4 is 22.4 Å². The van der Waals surface area contributed by atoms with Crippen LogP contribution in [0, 0.1) is 0 Å². The third-order valence-corrected chi connectivity index (χ3v) is 2.37. The van der Waals surface area contributed by atoms with Crippen LogP contribution >= 0.6 is 11.3 Å². The van der Waals surface area contributed by atoms with Crippen molar-refractivity contribution in [3.63, 3.8) is 0 Å². The average molecular weight is 153 g/mol. The molecular formula is C7H7NOS. The molecule has 1 aliphatic heterocycles. The summed E-state index contributed by atoms with van der Waals surface area (Å²) in [5.74, 6) is 0. The van der Waals surface area contributed by atoms with Crippen LogP contribution in [-0.4, -0.2) is 0 Å². The number of hydrogen-bond acceptors (Lipinski definition) is 3. The molecule has 0 saturated heterocycles. The number of nitrogens with two attached hydrogens (primary N) is 1. The molecule has 10 heavy (non-hydrogen) atoms. The Bertz CT molecular complexity index is 277. The molecule has 1 aromatic heterocycles. The molecule has 0 fully saturated rings. The predicted molar refractivity (Wildman–Crippen MR) is 42.6 cm³/mol. The van der Waals surface area contributed by atoms with Gasteiger partial charge in [0.2, 0.25) is 0 Å². The van der Waals surface area contributed by atoms with E-state index >= 15 is 0 Å². The first-order valence-electron chi connectivity index (χ1n) is 3.02. The maximum atomic E-state index is 5.59. The van der Waals surface area contributed by atoms with Gasteiger partial charge in [0.05, 0.1) is 16.1 Å². The topological polar surface area (TPSA) is 35.2 Å². The minimum Gasteiger partial charge on any atom is -0.496 e. The SMILES string of the molecule is Nc1cc2c(s1)COC=C2. The molecule has 0 atom stereocenters. The molecule has 3 heteroatoms. The standard InChI is InChI=1S/C7H7NOS/c8-7-3-5-1-2-9-4-6(5)10-7/h1-3H,4,8H2. The van der Waals surface area contributed by atoms with Gasteiger partial charge in [0, 0.05) is 0 Å². The van der Waals surface area contributed by atoms with Crippen molar-refractivity contribution in [2.75, 3.05) is 5.73 Å². The van der Waals surface area contributed by atoms with Gasteiger partial charge in [0.15, 0.2) is 0 Å². The molecule has 0 aromatic carbocycles. The molecule has 0 amide bonds. The van der Waals surface area contributed by atoms with Crippen LogP contribution in [0.4, 0.5) is 5.00 Å². The van der Waals surface area contributed by atoms with Crippen molar-refractivity contribution in [3.8, 4) is 0 Å². The van der Waals surface area contributed by atoms with Crippen LogP contribution in [0.3, 0.4) is 0 Å². The zero-order chi connectivity index (χ0) is 6.97. The van der Waals surface area contributed by atoms with E-state index in [2.05, 4.69) is 0 Å². The van der Waals surface area contributed by atoms with Gasteiger partial charge in [-0.05, 0) is 17.7 Å². The fraction of sp³-hybridized carbons (Fsp3) is 0.143. The Labute approximate surface area is 62.9 Å². The molecule has 1 aliphatic rings.